The Labute approximate surface area is 130 Å². The predicted octanol–water partition coefficient (Wildman–Crippen LogP) is 2.40. The highest BCUT2D eigenvalue weighted by Gasteiger charge is 2.33. The summed E-state index contributed by atoms with van der Waals surface area (Å²) >= 11 is 0. The number of nitrogens with zero attached hydrogens (tertiary/aromatic N) is 1. The zero-order valence-electron chi connectivity index (χ0n) is 13.1. The molecule has 2 atom stereocenters. The van der Waals surface area contributed by atoms with Crippen LogP contribution in [0, 0.1) is 0 Å². The van der Waals surface area contributed by atoms with Gasteiger partial charge in [-0.1, -0.05) is 37.6 Å². The van der Waals surface area contributed by atoms with Crippen molar-refractivity contribution in [1.82, 2.24) is 4.90 Å². The van der Waals surface area contributed by atoms with E-state index in [4.69, 9.17) is 4.74 Å². The van der Waals surface area contributed by atoms with E-state index in [1.807, 2.05) is 24.3 Å². The molecule has 0 spiro atoms. The zero-order chi connectivity index (χ0) is 16.1. The maximum Gasteiger partial charge on any atom is 0.312 e. The van der Waals surface area contributed by atoms with Crippen LogP contribution in [0.2, 0.25) is 0 Å². The summed E-state index contributed by atoms with van der Waals surface area (Å²) in [6.07, 6.45) is 1.39. The molecule has 1 aromatic rings. The number of fused-ring (bicyclic) bond motifs is 1. The summed E-state index contributed by atoms with van der Waals surface area (Å²) in [6, 6.07) is 7.42. The molecule has 22 heavy (non-hydrogen) atoms. The molecule has 120 valence electrons. The van der Waals surface area contributed by atoms with E-state index in [0.717, 1.165) is 24.0 Å². The van der Waals surface area contributed by atoms with Crippen molar-refractivity contribution in [2.24, 2.45) is 0 Å². The van der Waals surface area contributed by atoms with Crippen LogP contribution < -0.4 is 0 Å². The fourth-order valence-corrected chi connectivity index (χ4v) is 2.72. The average Bonchev–Trinajstić information content (AvgIpc) is 2.53. The molecule has 0 aliphatic carbocycles. The van der Waals surface area contributed by atoms with E-state index < -0.39 is 18.0 Å². The van der Waals surface area contributed by atoms with Crippen molar-refractivity contribution in [2.75, 3.05) is 13.2 Å². The van der Waals surface area contributed by atoms with E-state index in [1.165, 1.54) is 0 Å². The number of carbonyl (C=O) groups excluding carboxylic acids is 1. The average molecular weight is 305 g/mol. The maximum absolute atomic E-state index is 12.5. The Balaban J connectivity index is 2.10. The molecule has 1 aliphatic heterocycles. The molecule has 1 N–H and O–H groups in total. The monoisotopic (exact) mass is 305 g/mol. The molecule has 5 heteroatoms. The van der Waals surface area contributed by atoms with Crippen molar-refractivity contribution in [1.29, 1.82) is 0 Å². The summed E-state index contributed by atoms with van der Waals surface area (Å²) in [6.45, 7) is 4.99. The van der Waals surface area contributed by atoms with E-state index in [0.29, 0.717) is 13.2 Å². The highest BCUT2D eigenvalue weighted by atomic mass is 16.5. The molecule has 1 heterocycles. The molecule has 1 aromatic carbocycles. The topological polar surface area (TPSA) is 66.8 Å². The van der Waals surface area contributed by atoms with E-state index in [1.54, 1.807) is 11.8 Å². The molecule has 5 nitrogen and oxygen atoms in total. The van der Waals surface area contributed by atoms with Crippen LogP contribution in [0.4, 0.5) is 0 Å². The molecule has 0 saturated carbocycles. The third-order valence-electron chi connectivity index (χ3n) is 4.02. The van der Waals surface area contributed by atoms with Crippen LogP contribution >= 0.6 is 0 Å². The van der Waals surface area contributed by atoms with Crippen molar-refractivity contribution in [2.45, 2.75) is 45.3 Å². The van der Waals surface area contributed by atoms with Gasteiger partial charge in [-0.3, -0.25) is 9.59 Å². The number of hydrogen-bond donors (Lipinski definition) is 1. The molecule has 1 amide bonds. The van der Waals surface area contributed by atoms with Crippen LogP contribution in [0.15, 0.2) is 24.3 Å². The number of carbonyl (C=O) groups is 2. The highest BCUT2D eigenvalue weighted by molar-refractivity contribution is 5.83. The summed E-state index contributed by atoms with van der Waals surface area (Å²) < 4.78 is 5.54. The summed E-state index contributed by atoms with van der Waals surface area (Å²) in [5, 5.41) is 9.43. The van der Waals surface area contributed by atoms with Gasteiger partial charge in [-0.15, -0.1) is 0 Å². The van der Waals surface area contributed by atoms with E-state index >= 15 is 0 Å². The summed E-state index contributed by atoms with van der Waals surface area (Å²) in [5.74, 6) is -1.71. The van der Waals surface area contributed by atoms with Gasteiger partial charge < -0.3 is 14.7 Å². The Morgan fingerprint density at radius 2 is 2.14 bits per heavy atom. The number of ether oxygens (including phenoxy) is 1. The lowest BCUT2D eigenvalue weighted by molar-refractivity contribution is -0.146. The second-order valence-electron chi connectivity index (χ2n) is 5.67. The molecule has 0 fully saturated rings. The molecular formula is C17H23NO4. The number of unbranched alkanes of at least 4 members (excludes halogenated alkanes) is 1. The van der Waals surface area contributed by atoms with Gasteiger partial charge >= 0.3 is 5.97 Å². The smallest absolute Gasteiger partial charge is 0.312 e. The van der Waals surface area contributed by atoms with E-state index in [9.17, 15) is 14.7 Å². The van der Waals surface area contributed by atoms with Gasteiger partial charge in [0, 0.05) is 19.7 Å². The number of aliphatic carboxylic acids is 1. The van der Waals surface area contributed by atoms with Crippen LogP contribution in [0.25, 0.3) is 0 Å². The Bertz CT molecular complexity index is 543. The predicted molar refractivity (Wildman–Crippen MR) is 82.6 cm³/mol. The van der Waals surface area contributed by atoms with Gasteiger partial charge in [-0.05, 0) is 24.5 Å². The first-order valence-electron chi connectivity index (χ1n) is 7.75. The minimum absolute atomic E-state index is 0.142. The van der Waals surface area contributed by atoms with Crippen LogP contribution in [0.3, 0.4) is 0 Å². The number of benzene rings is 1. The number of hydrogen-bond acceptors (Lipinski definition) is 3. The molecule has 0 saturated heterocycles. The standard InChI is InChI=1S/C17H23NO4/c1-3-4-9-22-12(2)16(19)18-10-13-7-5-6-8-14(13)15(11-18)17(20)21/h5-8,12,15H,3-4,9-11H2,1-2H3,(H,20,21). The molecule has 2 rings (SSSR count). The SMILES string of the molecule is CCCCOC(C)C(=O)N1Cc2ccccc2C(C(=O)O)C1. The first-order valence-corrected chi connectivity index (χ1v) is 7.75. The quantitative estimate of drug-likeness (QED) is 0.820. The van der Waals surface area contributed by atoms with Gasteiger partial charge in [-0.25, -0.2) is 0 Å². The molecule has 0 aromatic heterocycles. The zero-order valence-corrected chi connectivity index (χ0v) is 13.1. The molecule has 0 bridgehead atoms. The van der Waals surface area contributed by atoms with Gasteiger partial charge in [0.05, 0.1) is 5.92 Å². The van der Waals surface area contributed by atoms with Crippen molar-refractivity contribution in [3.63, 3.8) is 0 Å². The van der Waals surface area contributed by atoms with E-state index in [2.05, 4.69) is 6.92 Å². The Morgan fingerprint density at radius 1 is 1.41 bits per heavy atom. The van der Waals surface area contributed by atoms with Crippen molar-refractivity contribution < 1.29 is 19.4 Å². The van der Waals surface area contributed by atoms with Gasteiger partial charge in [-0.2, -0.15) is 0 Å². The molecule has 1 aliphatic rings. The summed E-state index contributed by atoms with van der Waals surface area (Å²) in [4.78, 5) is 25.6. The van der Waals surface area contributed by atoms with Crippen LogP contribution in [0.5, 0.6) is 0 Å². The number of amides is 1. The minimum Gasteiger partial charge on any atom is -0.481 e. The largest absolute Gasteiger partial charge is 0.481 e. The van der Waals surface area contributed by atoms with Gasteiger partial charge in [0.25, 0.3) is 5.91 Å². The molecule has 0 radical (unpaired) electrons. The number of rotatable bonds is 6. The Kier molecular flexibility index (Phi) is 5.55. The third kappa shape index (κ3) is 3.65. The van der Waals surface area contributed by atoms with Crippen molar-refractivity contribution >= 4 is 11.9 Å². The highest BCUT2D eigenvalue weighted by Crippen LogP contribution is 2.29. The van der Waals surface area contributed by atoms with Gasteiger partial charge in [0.1, 0.15) is 6.10 Å². The summed E-state index contributed by atoms with van der Waals surface area (Å²) in [7, 11) is 0. The second kappa shape index (κ2) is 7.40. The Hall–Kier alpha value is -1.88. The lowest BCUT2D eigenvalue weighted by atomic mass is 9.89. The first-order chi connectivity index (χ1) is 10.5. The molecule has 2 unspecified atom stereocenters. The van der Waals surface area contributed by atoms with Crippen LogP contribution in [0.1, 0.15) is 43.7 Å². The van der Waals surface area contributed by atoms with Crippen LogP contribution in [-0.2, 0) is 20.9 Å². The van der Waals surface area contributed by atoms with Crippen molar-refractivity contribution in [3.05, 3.63) is 35.4 Å². The maximum atomic E-state index is 12.5. The van der Waals surface area contributed by atoms with Gasteiger partial charge in [0.2, 0.25) is 0 Å². The fourth-order valence-electron chi connectivity index (χ4n) is 2.72. The lowest BCUT2D eigenvalue weighted by Gasteiger charge is -2.34. The molecular weight excluding hydrogens is 282 g/mol. The van der Waals surface area contributed by atoms with E-state index in [-0.39, 0.29) is 12.5 Å². The first kappa shape index (κ1) is 16.5. The van der Waals surface area contributed by atoms with Gasteiger partial charge in [0.15, 0.2) is 0 Å². The number of carboxylic acids is 1. The third-order valence-corrected chi connectivity index (χ3v) is 4.02. The minimum atomic E-state index is -0.899. The normalized spacial score (nSPS) is 18.6. The second-order valence-corrected chi connectivity index (χ2v) is 5.67. The van der Waals surface area contributed by atoms with Crippen molar-refractivity contribution in [3.8, 4) is 0 Å². The van der Waals surface area contributed by atoms with Crippen LogP contribution in [-0.4, -0.2) is 41.1 Å². The lowest BCUT2D eigenvalue weighted by Crippen LogP contribution is -2.45. The summed E-state index contributed by atoms with van der Waals surface area (Å²) in [5.41, 5.74) is 1.70. The Morgan fingerprint density at radius 3 is 2.82 bits per heavy atom. The fraction of sp³-hybridized carbons (Fsp3) is 0.529. The number of carboxylic acid groups (broad SMARTS) is 1.